The Labute approximate surface area is 74.8 Å². The van der Waals surface area contributed by atoms with Gasteiger partial charge in [0.1, 0.15) is 5.75 Å². The van der Waals surface area contributed by atoms with Crippen molar-refractivity contribution < 1.29 is 19.4 Å². The lowest BCUT2D eigenvalue weighted by Crippen LogP contribution is -2.01. The SMILES string of the molecule is Cc1c(OC=O)cccc1C(=O)O. The third-order valence-electron chi connectivity index (χ3n) is 1.69. The zero-order chi connectivity index (χ0) is 9.84. The summed E-state index contributed by atoms with van der Waals surface area (Å²) in [6.45, 7) is 1.86. The molecule has 0 heterocycles. The van der Waals surface area contributed by atoms with Crippen molar-refractivity contribution in [3.63, 3.8) is 0 Å². The molecule has 0 spiro atoms. The number of benzene rings is 1. The minimum absolute atomic E-state index is 0.138. The van der Waals surface area contributed by atoms with Gasteiger partial charge in [0.2, 0.25) is 0 Å². The van der Waals surface area contributed by atoms with Gasteiger partial charge in [-0.15, -0.1) is 0 Å². The molecule has 4 heteroatoms. The Balaban J connectivity index is 3.17. The topological polar surface area (TPSA) is 63.6 Å². The average Bonchev–Trinajstić information content (AvgIpc) is 2.08. The molecule has 0 saturated carbocycles. The minimum Gasteiger partial charge on any atom is -0.478 e. The van der Waals surface area contributed by atoms with E-state index in [1.807, 2.05) is 0 Å². The largest absolute Gasteiger partial charge is 0.478 e. The molecule has 1 aromatic rings. The summed E-state index contributed by atoms with van der Waals surface area (Å²) in [7, 11) is 0. The van der Waals surface area contributed by atoms with E-state index in [0.717, 1.165) is 0 Å². The molecule has 4 nitrogen and oxygen atoms in total. The van der Waals surface area contributed by atoms with Crippen molar-refractivity contribution in [3.05, 3.63) is 29.3 Å². The zero-order valence-electron chi connectivity index (χ0n) is 6.98. The van der Waals surface area contributed by atoms with Crippen LogP contribution < -0.4 is 4.74 Å². The molecule has 0 aliphatic heterocycles. The van der Waals surface area contributed by atoms with E-state index >= 15 is 0 Å². The molecule has 1 N–H and O–H groups in total. The Morgan fingerprint density at radius 3 is 2.77 bits per heavy atom. The predicted octanol–water partition coefficient (Wildman–Crippen LogP) is 1.23. The summed E-state index contributed by atoms with van der Waals surface area (Å²) in [4.78, 5) is 20.7. The highest BCUT2D eigenvalue weighted by molar-refractivity contribution is 5.90. The quantitative estimate of drug-likeness (QED) is 0.710. The lowest BCUT2D eigenvalue weighted by Gasteiger charge is -2.04. The lowest BCUT2D eigenvalue weighted by atomic mass is 10.1. The van der Waals surface area contributed by atoms with Gasteiger partial charge in [0.25, 0.3) is 6.47 Å². The smallest absolute Gasteiger partial charge is 0.336 e. The van der Waals surface area contributed by atoms with Crippen LogP contribution >= 0.6 is 0 Å². The zero-order valence-corrected chi connectivity index (χ0v) is 6.98. The fourth-order valence-electron chi connectivity index (χ4n) is 1.03. The highest BCUT2D eigenvalue weighted by atomic mass is 16.5. The molecule has 0 bridgehead atoms. The summed E-state index contributed by atoms with van der Waals surface area (Å²) in [5.74, 6) is -0.760. The Bertz CT molecular complexity index is 343. The molecule has 13 heavy (non-hydrogen) atoms. The second kappa shape index (κ2) is 3.71. The van der Waals surface area contributed by atoms with Gasteiger partial charge in [-0.1, -0.05) is 6.07 Å². The first-order valence-corrected chi connectivity index (χ1v) is 3.60. The average molecular weight is 180 g/mol. The predicted molar refractivity (Wildman–Crippen MR) is 44.8 cm³/mol. The number of hydrogen-bond donors (Lipinski definition) is 1. The standard InChI is InChI=1S/C9H8O4/c1-6-7(9(11)12)3-2-4-8(6)13-5-10/h2-5H,1H3,(H,11,12). The number of carboxylic acid groups (broad SMARTS) is 1. The van der Waals surface area contributed by atoms with Crippen molar-refractivity contribution in [2.24, 2.45) is 0 Å². The van der Waals surface area contributed by atoms with Crippen molar-refractivity contribution in [1.29, 1.82) is 0 Å². The van der Waals surface area contributed by atoms with Crippen molar-refractivity contribution >= 4 is 12.4 Å². The van der Waals surface area contributed by atoms with E-state index < -0.39 is 5.97 Å². The second-order valence-corrected chi connectivity index (χ2v) is 2.45. The van der Waals surface area contributed by atoms with Crippen LogP contribution in [0.3, 0.4) is 0 Å². The van der Waals surface area contributed by atoms with E-state index in [1.54, 1.807) is 6.92 Å². The lowest BCUT2D eigenvalue weighted by molar-refractivity contribution is -0.120. The van der Waals surface area contributed by atoms with Crippen molar-refractivity contribution in [2.45, 2.75) is 6.92 Å². The number of rotatable bonds is 3. The molecule has 0 radical (unpaired) electrons. The van der Waals surface area contributed by atoms with E-state index in [0.29, 0.717) is 5.56 Å². The fourth-order valence-corrected chi connectivity index (χ4v) is 1.03. The summed E-state index contributed by atoms with van der Waals surface area (Å²) >= 11 is 0. The Morgan fingerprint density at radius 2 is 2.23 bits per heavy atom. The molecular formula is C9H8O4. The molecule has 0 aromatic heterocycles. The molecule has 1 aromatic carbocycles. The first-order valence-electron chi connectivity index (χ1n) is 3.60. The first-order chi connectivity index (χ1) is 6.16. The molecule has 0 atom stereocenters. The Morgan fingerprint density at radius 1 is 1.54 bits per heavy atom. The van der Waals surface area contributed by atoms with Gasteiger partial charge in [-0.25, -0.2) is 4.79 Å². The van der Waals surface area contributed by atoms with Crippen molar-refractivity contribution in [3.8, 4) is 5.75 Å². The number of carboxylic acids is 1. The van der Waals surface area contributed by atoms with Gasteiger partial charge in [-0.2, -0.15) is 0 Å². The van der Waals surface area contributed by atoms with Gasteiger partial charge < -0.3 is 9.84 Å². The van der Waals surface area contributed by atoms with Crippen LogP contribution in [0.5, 0.6) is 5.75 Å². The third-order valence-corrected chi connectivity index (χ3v) is 1.69. The molecule has 0 saturated heterocycles. The number of carbonyl (C=O) groups is 2. The van der Waals surface area contributed by atoms with Crippen LogP contribution in [0, 0.1) is 6.92 Å². The molecule has 0 amide bonds. The van der Waals surface area contributed by atoms with Gasteiger partial charge in [0.05, 0.1) is 5.56 Å². The van der Waals surface area contributed by atoms with Crippen LogP contribution in [0.2, 0.25) is 0 Å². The normalized spacial score (nSPS) is 9.31. The van der Waals surface area contributed by atoms with Gasteiger partial charge in [-0.05, 0) is 19.1 Å². The minimum atomic E-state index is -1.03. The maximum Gasteiger partial charge on any atom is 0.336 e. The summed E-state index contributed by atoms with van der Waals surface area (Å²) in [5, 5.41) is 8.71. The van der Waals surface area contributed by atoms with Gasteiger partial charge >= 0.3 is 5.97 Å². The molecular weight excluding hydrogens is 172 g/mol. The van der Waals surface area contributed by atoms with Crippen LogP contribution in [-0.2, 0) is 4.79 Å². The van der Waals surface area contributed by atoms with Crippen LogP contribution in [0.4, 0.5) is 0 Å². The Hall–Kier alpha value is -1.84. The van der Waals surface area contributed by atoms with E-state index in [-0.39, 0.29) is 17.8 Å². The first kappa shape index (κ1) is 9.25. The molecule has 0 fully saturated rings. The van der Waals surface area contributed by atoms with Crippen LogP contribution in [0.25, 0.3) is 0 Å². The molecule has 0 unspecified atom stereocenters. The van der Waals surface area contributed by atoms with E-state index in [9.17, 15) is 9.59 Å². The monoisotopic (exact) mass is 180 g/mol. The van der Waals surface area contributed by atoms with Crippen molar-refractivity contribution in [2.75, 3.05) is 0 Å². The van der Waals surface area contributed by atoms with Gasteiger partial charge in [-0.3, -0.25) is 4.79 Å². The summed E-state index contributed by atoms with van der Waals surface area (Å²) in [6.07, 6.45) is 0. The number of aromatic carboxylic acids is 1. The molecule has 0 aliphatic rings. The number of carbonyl (C=O) groups excluding carboxylic acids is 1. The van der Waals surface area contributed by atoms with E-state index in [1.165, 1.54) is 18.2 Å². The maximum atomic E-state index is 10.6. The molecule has 1 rings (SSSR count). The number of ether oxygens (including phenoxy) is 1. The summed E-state index contributed by atoms with van der Waals surface area (Å²) in [6, 6.07) is 4.51. The molecule has 68 valence electrons. The second-order valence-electron chi connectivity index (χ2n) is 2.45. The van der Waals surface area contributed by atoms with E-state index in [2.05, 4.69) is 4.74 Å². The Kier molecular flexibility index (Phi) is 2.64. The summed E-state index contributed by atoms with van der Waals surface area (Å²) in [5.41, 5.74) is 0.585. The summed E-state index contributed by atoms with van der Waals surface area (Å²) < 4.78 is 4.58. The van der Waals surface area contributed by atoms with Crippen LogP contribution in [0.15, 0.2) is 18.2 Å². The highest BCUT2D eigenvalue weighted by Gasteiger charge is 2.10. The van der Waals surface area contributed by atoms with E-state index in [4.69, 9.17) is 5.11 Å². The third kappa shape index (κ3) is 1.84. The van der Waals surface area contributed by atoms with Crippen LogP contribution in [0.1, 0.15) is 15.9 Å². The fraction of sp³-hybridized carbons (Fsp3) is 0.111. The highest BCUT2D eigenvalue weighted by Crippen LogP contribution is 2.20. The van der Waals surface area contributed by atoms with Gasteiger partial charge in [0, 0.05) is 5.56 Å². The van der Waals surface area contributed by atoms with Crippen molar-refractivity contribution in [1.82, 2.24) is 0 Å². The molecule has 0 aliphatic carbocycles. The maximum absolute atomic E-state index is 10.6. The van der Waals surface area contributed by atoms with Crippen LogP contribution in [-0.4, -0.2) is 17.5 Å². The van der Waals surface area contributed by atoms with Gasteiger partial charge in [0.15, 0.2) is 0 Å². The number of hydrogen-bond acceptors (Lipinski definition) is 3.